The summed E-state index contributed by atoms with van der Waals surface area (Å²) in [5.41, 5.74) is 1.78. The molecular weight excluding hydrogens is 279 g/mol. The van der Waals surface area contributed by atoms with E-state index in [0.717, 1.165) is 0 Å². The lowest BCUT2D eigenvalue weighted by molar-refractivity contribution is 0.469. The summed E-state index contributed by atoms with van der Waals surface area (Å²) in [5, 5.41) is 22.1. The van der Waals surface area contributed by atoms with Crippen LogP contribution in [0.2, 0.25) is 5.02 Å². The van der Waals surface area contributed by atoms with Crippen LogP contribution >= 0.6 is 11.6 Å². The zero-order valence-electron chi connectivity index (χ0n) is 10.7. The molecule has 0 unspecified atom stereocenters. The van der Waals surface area contributed by atoms with E-state index < -0.39 is 5.82 Å². The molecular formula is C15H12ClFN2O. The van der Waals surface area contributed by atoms with Crippen molar-refractivity contribution in [2.75, 3.05) is 5.32 Å². The molecule has 0 aromatic heterocycles. The van der Waals surface area contributed by atoms with Gasteiger partial charge in [0.05, 0.1) is 11.6 Å². The van der Waals surface area contributed by atoms with E-state index in [1.807, 2.05) is 6.07 Å². The van der Waals surface area contributed by atoms with Crippen molar-refractivity contribution in [3.05, 3.63) is 57.9 Å². The van der Waals surface area contributed by atoms with Gasteiger partial charge in [-0.1, -0.05) is 11.6 Å². The minimum Gasteiger partial charge on any atom is -0.508 e. The lowest BCUT2D eigenvalue weighted by atomic mass is 10.1. The molecule has 0 saturated heterocycles. The summed E-state index contributed by atoms with van der Waals surface area (Å²) in [6, 6.07) is 9.38. The van der Waals surface area contributed by atoms with Gasteiger partial charge < -0.3 is 10.4 Å². The molecule has 2 N–H and O–H groups in total. The molecule has 0 atom stereocenters. The molecule has 0 fully saturated rings. The number of aromatic hydroxyl groups is 1. The number of anilines is 1. The minimum atomic E-state index is -0.443. The highest BCUT2D eigenvalue weighted by atomic mass is 35.5. The Kier molecular flexibility index (Phi) is 4.11. The molecule has 20 heavy (non-hydrogen) atoms. The van der Waals surface area contributed by atoms with E-state index in [2.05, 4.69) is 5.32 Å². The van der Waals surface area contributed by atoms with Crippen molar-refractivity contribution in [1.29, 1.82) is 5.26 Å². The van der Waals surface area contributed by atoms with Crippen LogP contribution in [0.5, 0.6) is 5.75 Å². The average Bonchev–Trinajstić information content (AvgIpc) is 2.43. The molecule has 0 amide bonds. The Morgan fingerprint density at radius 3 is 2.80 bits per heavy atom. The van der Waals surface area contributed by atoms with Crippen LogP contribution in [-0.2, 0) is 6.54 Å². The number of phenolic OH excluding ortho intramolecular Hbond substituents is 1. The van der Waals surface area contributed by atoms with Gasteiger partial charge in [0.1, 0.15) is 11.6 Å². The summed E-state index contributed by atoms with van der Waals surface area (Å²) in [7, 11) is 0. The normalized spacial score (nSPS) is 10.1. The maximum Gasteiger partial charge on any atom is 0.129 e. The largest absolute Gasteiger partial charge is 0.508 e. The summed E-state index contributed by atoms with van der Waals surface area (Å²) in [5.74, 6) is -0.335. The topological polar surface area (TPSA) is 56.0 Å². The second kappa shape index (κ2) is 5.81. The minimum absolute atomic E-state index is 0.108. The summed E-state index contributed by atoms with van der Waals surface area (Å²) >= 11 is 5.86. The Morgan fingerprint density at radius 2 is 2.10 bits per heavy atom. The van der Waals surface area contributed by atoms with Gasteiger partial charge >= 0.3 is 0 Å². The van der Waals surface area contributed by atoms with Crippen molar-refractivity contribution in [3.8, 4) is 11.8 Å². The standard InChI is InChI=1S/C15H12ClFN2O/c1-9-13(17)4-10(7-18)5-14(9)19-8-11-6-12(16)2-3-15(11)20/h2-6,19-20H,8H2,1H3. The highest BCUT2D eigenvalue weighted by Gasteiger charge is 2.08. The first-order chi connectivity index (χ1) is 9.51. The van der Waals surface area contributed by atoms with Crippen LogP contribution in [-0.4, -0.2) is 5.11 Å². The van der Waals surface area contributed by atoms with E-state index >= 15 is 0 Å². The molecule has 102 valence electrons. The fraction of sp³-hybridized carbons (Fsp3) is 0.133. The Labute approximate surface area is 121 Å². The van der Waals surface area contributed by atoms with Crippen LogP contribution in [0, 0.1) is 24.1 Å². The maximum absolute atomic E-state index is 13.6. The van der Waals surface area contributed by atoms with Crippen LogP contribution in [0.4, 0.5) is 10.1 Å². The first-order valence-corrected chi connectivity index (χ1v) is 6.30. The van der Waals surface area contributed by atoms with Gasteiger partial charge in [-0.2, -0.15) is 5.26 Å². The Morgan fingerprint density at radius 1 is 1.35 bits per heavy atom. The highest BCUT2D eigenvalue weighted by Crippen LogP contribution is 2.25. The van der Waals surface area contributed by atoms with Gasteiger partial charge in [0.2, 0.25) is 0 Å². The Hall–Kier alpha value is -2.25. The van der Waals surface area contributed by atoms with Crippen LogP contribution < -0.4 is 5.32 Å². The van der Waals surface area contributed by atoms with Gasteiger partial charge in [-0.25, -0.2) is 4.39 Å². The van der Waals surface area contributed by atoms with E-state index in [-0.39, 0.29) is 17.9 Å². The molecule has 3 nitrogen and oxygen atoms in total. The van der Waals surface area contributed by atoms with Gasteiger partial charge in [-0.3, -0.25) is 0 Å². The van der Waals surface area contributed by atoms with Crippen molar-refractivity contribution >= 4 is 17.3 Å². The predicted octanol–water partition coefficient (Wildman–Crippen LogP) is 3.98. The highest BCUT2D eigenvalue weighted by molar-refractivity contribution is 6.30. The molecule has 0 spiro atoms. The Balaban J connectivity index is 2.25. The van der Waals surface area contributed by atoms with E-state index in [1.54, 1.807) is 25.1 Å². The van der Waals surface area contributed by atoms with Crippen molar-refractivity contribution in [1.82, 2.24) is 0 Å². The van der Waals surface area contributed by atoms with E-state index in [9.17, 15) is 9.50 Å². The summed E-state index contributed by atoms with van der Waals surface area (Å²) < 4.78 is 13.6. The monoisotopic (exact) mass is 290 g/mol. The first kappa shape index (κ1) is 14.2. The van der Waals surface area contributed by atoms with Gasteiger partial charge in [0.25, 0.3) is 0 Å². The van der Waals surface area contributed by atoms with Gasteiger partial charge in [-0.15, -0.1) is 0 Å². The molecule has 2 aromatic rings. The molecule has 0 aliphatic carbocycles. The second-order valence-corrected chi connectivity index (χ2v) is 4.81. The van der Waals surface area contributed by atoms with Crippen LogP contribution in [0.25, 0.3) is 0 Å². The van der Waals surface area contributed by atoms with Gasteiger partial charge in [0, 0.05) is 28.4 Å². The predicted molar refractivity (Wildman–Crippen MR) is 76.3 cm³/mol. The number of benzene rings is 2. The maximum atomic E-state index is 13.6. The van der Waals surface area contributed by atoms with Crippen molar-refractivity contribution in [2.24, 2.45) is 0 Å². The first-order valence-electron chi connectivity index (χ1n) is 5.93. The number of rotatable bonds is 3. The second-order valence-electron chi connectivity index (χ2n) is 4.37. The summed E-state index contributed by atoms with van der Waals surface area (Å²) in [6.45, 7) is 1.90. The SMILES string of the molecule is Cc1c(F)cc(C#N)cc1NCc1cc(Cl)ccc1O. The summed E-state index contributed by atoms with van der Waals surface area (Å²) in [6.07, 6.45) is 0. The van der Waals surface area contributed by atoms with Crippen LogP contribution in [0.3, 0.4) is 0 Å². The Bertz CT molecular complexity index is 695. The number of hydrogen-bond acceptors (Lipinski definition) is 3. The van der Waals surface area contributed by atoms with Crippen molar-refractivity contribution < 1.29 is 9.50 Å². The number of nitrogens with zero attached hydrogens (tertiary/aromatic N) is 1. The molecule has 0 radical (unpaired) electrons. The molecule has 0 heterocycles. The summed E-state index contributed by atoms with van der Waals surface area (Å²) in [4.78, 5) is 0. The zero-order chi connectivity index (χ0) is 14.7. The van der Waals surface area contributed by atoms with Gasteiger partial charge in [0.15, 0.2) is 0 Å². The van der Waals surface area contributed by atoms with Crippen molar-refractivity contribution in [3.63, 3.8) is 0 Å². The van der Waals surface area contributed by atoms with Crippen LogP contribution in [0.1, 0.15) is 16.7 Å². The molecule has 0 saturated carbocycles. The van der Waals surface area contributed by atoms with Gasteiger partial charge in [-0.05, 0) is 37.3 Å². The molecule has 2 aromatic carbocycles. The third kappa shape index (κ3) is 3.01. The molecule has 5 heteroatoms. The molecule has 0 bridgehead atoms. The average molecular weight is 291 g/mol. The number of halogens is 2. The van der Waals surface area contributed by atoms with Crippen LogP contribution in [0.15, 0.2) is 30.3 Å². The third-order valence-electron chi connectivity index (χ3n) is 2.98. The van der Waals surface area contributed by atoms with E-state index in [1.165, 1.54) is 12.1 Å². The molecule has 0 aliphatic rings. The van der Waals surface area contributed by atoms with Crippen molar-refractivity contribution in [2.45, 2.75) is 13.5 Å². The lowest BCUT2D eigenvalue weighted by Crippen LogP contribution is -2.03. The molecule has 2 rings (SSSR count). The van der Waals surface area contributed by atoms with E-state index in [0.29, 0.717) is 21.8 Å². The number of nitrogens with one attached hydrogen (secondary N) is 1. The smallest absolute Gasteiger partial charge is 0.129 e. The quantitative estimate of drug-likeness (QED) is 0.899. The number of nitriles is 1. The lowest BCUT2D eigenvalue weighted by Gasteiger charge is -2.12. The van der Waals surface area contributed by atoms with E-state index in [4.69, 9.17) is 16.9 Å². The third-order valence-corrected chi connectivity index (χ3v) is 3.22. The zero-order valence-corrected chi connectivity index (χ0v) is 11.5. The number of hydrogen-bond donors (Lipinski definition) is 2. The number of phenols is 1. The fourth-order valence-electron chi connectivity index (χ4n) is 1.81. The fourth-order valence-corrected chi connectivity index (χ4v) is 2.01. The molecule has 0 aliphatic heterocycles.